The third-order valence-electron chi connectivity index (χ3n) is 7.37. The van der Waals surface area contributed by atoms with Gasteiger partial charge in [-0.2, -0.15) is 10.4 Å². The first-order chi connectivity index (χ1) is 12.6. The molecule has 0 bridgehead atoms. The van der Waals surface area contributed by atoms with Crippen LogP contribution in [0.3, 0.4) is 0 Å². The maximum atomic E-state index is 9.82. The second-order valence-electron chi connectivity index (χ2n) is 8.63. The van der Waals surface area contributed by atoms with Crippen LogP contribution < -0.4 is 0 Å². The maximum absolute atomic E-state index is 9.82. The van der Waals surface area contributed by atoms with Gasteiger partial charge in [-0.15, -0.1) is 0 Å². The van der Waals surface area contributed by atoms with E-state index < -0.39 is 0 Å². The molecule has 4 heteroatoms. The van der Waals surface area contributed by atoms with Crippen molar-refractivity contribution in [3.05, 3.63) is 46.8 Å². The molecular weight excluding hydrogens is 322 g/mol. The highest BCUT2D eigenvalue weighted by Crippen LogP contribution is 2.59. The number of rotatable bonds is 2. The van der Waals surface area contributed by atoms with Crippen LogP contribution in [0.5, 0.6) is 5.75 Å². The quantitative estimate of drug-likeness (QED) is 0.890. The highest BCUT2D eigenvalue weighted by atomic mass is 16.3. The van der Waals surface area contributed by atoms with E-state index in [2.05, 4.69) is 25.3 Å². The van der Waals surface area contributed by atoms with Crippen molar-refractivity contribution >= 4 is 0 Å². The molecule has 134 valence electrons. The Bertz CT molecular complexity index is 909. The summed E-state index contributed by atoms with van der Waals surface area (Å²) in [4.78, 5) is 0. The molecule has 2 aromatic rings. The summed E-state index contributed by atoms with van der Waals surface area (Å²) in [6, 6.07) is 8.22. The molecule has 0 aliphatic heterocycles. The molecule has 0 amide bonds. The zero-order chi connectivity index (χ0) is 17.9. The van der Waals surface area contributed by atoms with Gasteiger partial charge in [-0.05, 0) is 78.7 Å². The van der Waals surface area contributed by atoms with Gasteiger partial charge in [-0.1, -0.05) is 13.0 Å². The lowest BCUT2D eigenvalue weighted by molar-refractivity contribution is 0.102. The minimum absolute atomic E-state index is 0.183. The second-order valence-corrected chi connectivity index (χ2v) is 8.63. The number of phenols is 1. The van der Waals surface area contributed by atoms with Gasteiger partial charge < -0.3 is 5.11 Å². The van der Waals surface area contributed by atoms with Gasteiger partial charge >= 0.3 is 0 Å². The molecule has 0 saturated heterocycles. The van der Waals surface area contributed by atoms with E-state index in [1.54, 1.807) is 0 Å². The van der Waals surface area contributed by atoms with Gasteiger partial charge in [0.05, 0.1) is 24.7 Å². The van der Waals surface area contributed by atoms with Crippen LogP contribution in [-0.2, 0) is 24.8 Å². The molecule has 3 aliphatic rings. The number of aromatic hydroxyl groups is 1. The normalized spacial score (nSPS) is 31.5. The third-order valence-corrected chi connectivity index (χ3v) is 7.37. The predicted molar refractivity (Wildman–Crippen MR) is 98.9 cm³/mol. The first-order valence-electron chi connectivity index (χ1n) is 9.85. The molecule has 1 heterocycles. The van der Waals surface area contributed by atoms with E-state index in [4.69, 9.17) is 10.4 Å². The van der Waals surface area contributed by atoms with Crippen LogP contribution in [0.4, 0.5) is 0 Å². The molecule has 1 aromatic heterocycles. The average molecular weight is 347 g/mol. The zero-order valence-corrected chi connectivity index (χ0v) is 15.3. The van der Waals surface area contributed by atoms with E-state index in [-0.39, 0.29) is 5.41 Å². The summed E-state index contributed by atoms with van der Waals surface area (Å²) in [6.07, 6.45) is 8.54. The lowest BCUT2D eigenvalue weighted by Crippen LogP contribution is -2.43. The van der Waals surface area contributed by atoms with Crippen molar-refractivity contribution in [2.24, 2.45) is 11.8 Å². The molecule has 5 rings (SSSR count). The Kier molecular flexibility index (Phi) is 3.44. The molecule has 3 aliphatic carbocycles. The number of aryl methyl sites for hydroxylation is 2. The number of hydrogen-bond donors (Lipinski definition) is 1. The topological polar surface area (TPSA) is 61.8 Å². The molecule has 1 aromatic carbocycles. The van der Waals surface area contributed by atoms with Crippen molar-refractivity contribution in [2.45, 2.75) is 63.3 Å². The van der Waals surface area contributed by atoms with Crippen molar-refractivity contribution < 1.29 is 5.11 Å². The zero-order valence-electron chi connectivity index (χ0n) is 15.3. The van der Waals surface area contributed by atoms with Crippen LogP contribution in [0.2, 0.25) is 0 Å². The highest BCUT2D eigenvalue weighted by molar-refractivity contribution is 5.42. The molecule has 4 nitrogen and oxygen atoms in total. The molecule has 0 radical (unpaired) electrons. The monoisotopic (exact) mass is 347 g/mol. The summed E-state index contributed by atoms with van der Waals surface area (Å²) in [5.74, 6) is 2.42. The molecule has 4 atom stereocenters. The number of aromatic nitrogens is 2. The van der Waals surface area contributed by atoms with Crippen LogP contribution in [0.1, 0.15) is 60.9 Å². The van der Waals surface area contributed by atoms with Crippen LogP contribution in [0.25, 0.3) is 0 Å². The smallest absolute Gasteiger partial charge is 0.115 e. The van der Waals surface area contributed by atoms with Gasteiger partial charge in [0.2, 0.25) is 0 Å². The minimum Gasteiger partial charge on any atom is -0.508 e. The Labute approximate surface area is 154 Å². The number of nitriles is 1. The van der Waals surface area contributed by atoms with Crippen LogP contribution >= 0.6 is 0 Å². The van der Waals surface area contributed by atoms with E-state index in [1.807, 2.05) is 16.8 Å². The fourth-order valence-electron chi connectivity index (χ4n) is 6.17. The van der Waals surface area contributed by atoms with Gasteiger partial charge in [-0.25, -0.2) is 0 Å². The molecule has 1 fully saturated rings. The van der Waals surface area contributed by atoms with Crippen molar-refractivity contribution in [1.82, 2.24) is 9.78 Å². The molecule has 1 N–H and O–H groups in total. The Hall–Kier alpha value is -2.28. The molecule has 3 unspecified atom stereocenters. The summed E-state index contributed by atoms with van der Waals surface area (Å²) in [5, 5.41) is 23.6. The number of nitrogens with zero attached hydrogens (tertiary/aromatic N) is 3. The van der Waals surface area contributed by atoms with Crippen LogP contribution in [-0.4, -0.2) is 14.9 Å². The Morgan fingerprint density at radius 2 is 2.23 bits per heavy atom. The van der Waals surface area contributed by atoms with E-state index in [0.29, 0.717) is 36.5 Å². The Balaban J connectivity index is 1.46. The average Bonchev–Trinajstić information content (AvgIpc) is 3.16. The Morgan fingerprint density at radius 1 is 1.35 bits per heavy atom. The van der Waals surface area contributed by atoms with Crippen molar-refractivity contribution in [3.63, 3.8) is 0 Å². The third kappa shape index (κ3) is 2.16. The first-order valence-corrected chi connectivity index (χ1v) is 9.85. The van der Waals surface area contributed by atoms with Gasteiger partial charge in [0.1, 0.15) is 5.75 Å². The minimum atomic E-state index is 0.183. The maximum Gasteiger partial charge on any atom is 0.115 e. The van der Waals surface area contributed by atoms with E-state index in [1.165, 1.54) is 41.6 Å². The summed E-state index contributed by atoms with van der Waals surface area (Å²) in [5.41, 5.74) is 5.73. The lowest BCUT2D eigenvalue weighted by atomic mass is 9.55. The van der Waals surface area contributed by atoms with Crippen LogP contribution in [0.15, 0.2) is 24.4 Å². The lowest BCUT2D eigenvalue weighted by Gasteiger charge is -2.49. The van der Waals surface area contributed by atoms with E-state index in [9.17, 15) is 5.11 Å². The van der Waals surface area contributed by atoms with E-state index >= 15 is 0 Å². The van der Waals surface area contributed by atoms with E-state index in [0.717, 1.165) is 12.8 Å². The van der Waals surface area contributed by atoms with Gasteiger partial charge in [0, 0.05) is 11.6 Å². The highest BCUT2D eigenvalue weighted by Gasteiger charge is 2.54. The van der Waals surface area contributed by atoms with Crippen LogP contribution in [0, 0.1) is 23.2 Å². The molecule has 1 saturated carbocycles. The van der Waals surface area contributed by atoms with Gasteiger partial charge in [-0.3, -0.25) is 4.68 Å². The van der Waals surface area contributed by atoms with Gasteiger partial charge in [0.25, 0.3) is 0 Å². The SMILES string of the molecule is C[C@]12CCC3c4ccc(O)cc4CCC3C1Cc1cn(CCC#N)nc12. The number of benzene rings is 1. The number of fused-ring (bicyclic) bond motifs is 7. The second kappa shape index (κ2) is 5.61. The van der Waals surface area contributed by atoms with Crippen molar-refractivity contribution in [2.75, 3.05) is 0 Å². The number of hydrogen-bond acceptors (Lipinski definition) is 3. The van der Waals surface area contributed by atoms with Crippen molar-refractivity contribution in [1.29, 1.82) is 5.26 Å². The standard InChI is InChI=1S/C22H25N3O/c1-22-8-7-18-17-6-4-16(26)11-14(17)3-5-19(18)20(22)12-15-13-25(10-2-9-23)24-21(15)22/h4,6,11,13,18-20,26H,2-3,5,7-8,10,12H2,1H3/t18?,19?,20?,22-/m0/s1. The summed E-state index contributed by atoms with van der Waals surface area (Å²) >= 11 is 0. The summed E-state index contributed by atoms with van der Waals surface area (Å²) in [7, 11) is 0. The largest absolute Gasteiger partial charge is 0.508 e. The first kappa shape index (κ1) is 15.9. The van der Waals surface area contributed by atoms with Crippen molar-refractivity contribution in [3.8, 4) is 11.8 Å². The number of phenolic OH excluding ortho intramolecular Hbond substituents is 1. The van der Waals surface area contributed by atoms with Gasteiger partial charge in [0.15, 0.2) is 0 Å². The molecular formula is C22H25N3O. The Morgan fingerprint density at radius 3 is 3.08 bits per heavy atom. The fourth-order valence-corrected chi connectivity index (χ4v) is 6.17. The molecule has 0 spiro atoms. The predicted octanol–water partition coefficient (Wildman–Crippen LogP) is 4.07. The fraction of sp³-hybridized carbons (Fsp3) is 0.545. The summed E-state index contributed by atoms with van der Waals surface area (Å²) < 4.78 is 1.99. The molecule has 26 heavy (non-hydrogen) atoms. The summed E-state index contributed by atoms with van der Waals surface area (Å²) in [6.45, 7) is 3.13.